The Morgan fingerprint density at radius 3 is 2.12 bits per heavy atom. The van der Waals surface area contributed by atoms with Crippen molar-refractivity contribution in [3.05, 3.63) is 72.8 Å². The highest BCUT2D eigenvalue weighted by atomic mass is 32.2. The average molecular weight is 797 g/mol. The van der Waals surface area contributed by atoms with Gasteiger partial charge in [0.25, 0.3) is 20.2 Å². The Morgan fingerprint density at radius 2 is 1.42 bits per heavy atom. The molecule has 5 aromatic carbocycles. The van der Waals surface area contributed by atoms with Crippen LogP contribution in [0.1, 0.15) is 0 Å². The van der Waals surface area contributed by atoms with Gasteiger partial charge in [0, 0.05) is 34.0 Å². The van der Waals surface area contributed by atoms with Crippen molar-refractivity contribution >= 4 is 94.3 Å². The monoisotopic (exact) mass is 796 g/mol. The molecule has 24 heteroatoms. The number of benzene rings is 5. The maximum Gasteiger partial charge on any atom is 0.295 e. The minimum atomic E-state index is -4.70. The molecule has 0 unspecified atom stereocenters. The van der Waals surface area contributed by atoms with Gasteiger partial charge in [-0.3, -0.25) is 4.55 Å². The third-order valence-electron chi connectivity index (χ3n) is 6.84. The summed E-state index contributed by atoms with van der Waals surface area (Å²) in [6, 6.07) is 17.3. The fraction of sp³-hybridized carbons (Fsp3) is 0.0714. The number of fused-ring (bicyclic) bond motifs is 2. The second-order valence-corrected chi connectivity index (χ2v) is 14.7. The number of anilines is 1. The standard InChI is InChI=1S/C28H24N6O14S4/c29-44-51(39,40)8-7-30-17-3-1-16-10-25(50-48-46-38)27(28(36)22(16)11-17)34-33-23-6-5-19(13-24(23)35)32-31-18-4-2-15-9-20(49-47-45-37)14-26(21(15)12-18)52(41,42)43/h1-6,9-14,30,35-38H,7-8,29H2,(H,41,42,43). The van der Waals surface area contributed by atoms with Crippen LogP contribution < -0.4 is 11.2 Å². The van der Waals surface area contributed by atoms with Crippen molar-refractivity contribution in [3.63, 3.8) is 0 Å². The average Bonchev–Trinajstić information content (AvgIpc) is 3.11. The Hall–Kier alpha value is -4.54. The van der Waals surface area contributed by atoms with Crippen molar-refractivity contribution in [2.75, 3.05) is 17.6 Å². The van der Waals surface area contributed by atoms with Crippen LogP contribution in [0.25, 0.3) is 21.5 Å². The minimum Gasteiger partial charge on any atom is -0.506 e. The first-order chi connectivity index (χ1) is 24.8. The van der Waals surface area contributed by atoms with Crippen LogP contribution in [-0.2, 0) is 43.3 Å². The molecule has 0 aromatic heterocycles. The van der Waals surface area contributed by atoms with Gasteiger partial charge in [-0.25, -0.2) is 10.5 Å². The predicted molar refractivity (Wildman–Crippen MR) is 185 cm³/mol. The van der Waals surface area contributed by atoms with Crippen molar-refractivity contribution in [3.8, 4) is 11.5 Å². The zero-order valence-electron chi connectivity index (χ0n) is 25.8. The largest absolute Gasteiger partial charge is 0.506 e. The summed E-state index contributed by atoms with van der Waals surface area (Å²) in [6.45, 7) is -0.0560. The first kappa shape index (κ1) is 38.7. The van der Waals surface area contributed by atoms with E-state index in [4.69, 9.17) is 16.4 Å². The Labute approximate surface area is 301 Å². The van der Waals surface area contributed by atoms with E-state index in [1.807, 2.05) is 0 Å². The Balaban J connectivity index is 1.40. The topological polar surface area (TPSA) is 303 Å². The molecule has 8 N–H and O–H groups in total. The van der Waals surface area contributed by atoms with E-state index in [9.17, 15) is 31.6 Å². The Bertz CT molecular complexity index is 2400. The number of rotatable bonds is 16. The Morgan fingerprint density at radius 1 is 0.750 bits per heavy atom. The second kappa shape index (κ2) is 16.9. The number of phenolic OH excluding ortho intramolecular Hbond substituents is 2. The molecule has 52 heavy (non-hydrogen) atoms. The second-order valence-electron chi connectivity index (χ2n) is 10.1. The lowest BCUT2D eigenvalue weighted by molar-refractivity contribution is -0.432. The van der Waals surface area contributed by atoms with Crippen molar-refractivity contribution in [1.29, 1.82) is 0 Å². The van der Waals surface area contributed by atoms with Gasteiger partial charge in [-0.2, -0.15) is 37.2 Å². The van der Waals surface area contributed by atoms with Crippen molar-refractivity contribution in [1.82, 2.24) is 0 Å². The molecule has 0 aliphatic rings. The molecule has 0 heterocycles. The molecule has 0 spiro atoms. The van der Waals surface area contributed by atoms with Crippen molar-refractivity contribution < 1.29 is 65.1 Å². The normalized spacial score (nSPS) is 12.5. The first-order valence-electron chi connectivity index (χ1n) is 14.0. The molecule has 0 saturated heterocycles. The van der Waals surface area contributed by atoms with E-state index in [-0.39, 0.29) is 55.6 Å². The van der Waals surface area contributed by atoms with Gasteiger partial charge < -0.3 is 15.5 Å². The summed E-state index contributed by atoms with van der Waals surface area (Å²) >= 11 is 1.01. The summed E-state index contributed by atoms with van der Waals surface area (Å²) in [7, 11) is -8.61. The van der Waals surface area contributed by atoms with Crippen LogP contribution >= 0.6 is 24.1 Å². The van der Waals surface area contributed by atoms with Gasteiger partial charge >= 0.3 is 0 Å². The van der Waals surface area contributed by atoms with Crippen LogP contribution in [-0.4, -0.2) is 54.4 Å². The van der Waals surface area contributed by atoms with Gasteiger partial charge in [-0.1, -0.05) is 22.2 Å². The van der Waals surface area contributed by atoms with Crippen LogP contribution in [0.3, 0.4) is 0 Å². The maximum atomic E-state index is 12.1. The molecule has 0 amide bonds. The maximum absolute atomic E-state index is 12.1. The van der Waals surface area contributed by atoms with Crippen LogP contribution in [0.15, 0.2) is 108 Å². The summed E-state index contributed by atoms with van der Waals surface area (Å²) in [5.41, 5.74) is 0.583. The van der Waals surface area contributed by atoms with Crippen molar-refractivity contribution in [2.24, 2.45) is 26.4 Å². The number of hydrogen-bond donors (Lipinski definition) is 7. The van der Waals surface area contributed by atoms with Gasteiger partial charge in [0.2, 0.25) is 0 Å². The van der Waals surface area contributed by atoms with Gasteiger partial charge in [-0.15, -0.1) is 18.9 Å². The van der Waals surface area contributed by atoms with Crippen LogP contribution in [0.2, 0.25) is 0 Å². The molecule has 0 aliphatic carbocycles. The molecule has 5 aromatic rings. The Kier molecular flexibility index (Phi) is 12.5. The summed E-state index contributed by atoms with van der Waals surface area (Å²) in [5, 5.41) is 66.5. The van der Waals surface area contributed by atoms with E-state index in [2.05, 4.69) is 48.8 Å². The first-order valence-corrected chi connectivity index (χ1v) is 18.5. The lowest BCUT2D eigenvalue weighted by Crippen LogP contribution is -2.20. The molecule has 0 fully saturated rings. The smallest absolute Gasteiger partial charge is 0.295 e. The molecule has 0 bridgehead atoms. The summed E-state index contributed by atoms with van der Waals surface area (Å²) in [6.07, 6.45) is 0. The highest BCUT2D eigenvalue weighted by Crippen LogP contribution is 2.45. The quantitative estimate of drug-likeness (QED) is 0.0174. The lowest BCUT2D eigenvalue weighted by Gasteiger charge is -2.11. The molecule has 274 valence electrons. The van der Waals surface area contributed by atoms with E-state index in [1.54, 1.807) is 12.1 Å². The van der Waals surface area contributed by atoms with E-state index >= 15 is 0 Å². The molecular weight excluding hydrogens is 773 g/mol. The number of nitrogens with zero attached hydrogens (tertiary/aromatic N) is 4. The summed E-state index contributed by atoms with van der Waals surface area (Å²) in [5.74, 6) is 3.55. The number of nitrogens with two attached hydrogens (primary N) is 1. The number of nitrogens with one attached hydrogen (secondary N) is 1. The third-order valence-corrected chi connectivity index (χ3v) is 9.91. The molecule has 0 saturated carbocycles. The predicted octanol–water partition coefficient (Wildman–Crippen LogP) is 6.97. The highest BCUT2D eigenvalue weighted by Gasteiger charge is 2.18. The van der Waals surface area contributed by atoms with Gasteiger partial charge in [0.05, 0.1) is 46.1 Å². The lowest BCUT2D eigenvalue weighted by atomic mass is 10.1. The minimum absolute atomic E-state index is 0.0553. The van der Waals surface area contributed by atoms with Crippen LogP contribution in [0.4, 0.5) is 28.4 Å². The van der Waals surface area contributed by atoms with E-state index < -0.39 is 36.6 Å². The van der Waals surface area contributed by atoms with E-state index in [1.165, 1.54) is 54.6 Å². The highest BCUT2D eigenvalue weighted by molar-refractivity contribution is 7.95. The van der Waals surface area contributed by atoms with Gasteiger partial charge in [0.1, 0.15) is 22.0 Å². The molecular formula is C28H24N6O14S4. The zero-order chi connectivity index (χ0) is 37.5. The number of hydrogen-bond acceptors (Lipinski definition) is 21. The third kappa shape index (κ3) is 9.66. The summed E-state index contributed by atoms with van der Waals surface area (Å²) < 4.78 is 69.7. The van der Waals surface area contributed by atoms with Crippen LogP contribution in [0.5, 0.6) is 11.5 Å². The molecule has 0 atom stereocenters. The number of phenols is 2. The fourth-order valence-electron chi connectivity index (χ4n) is 4.57. The zero-order valence-corrected chi connectivity index (χ0v) is 29.0. The molecule has 0 aliphatic heterocycles. The molecule has 20 nitrogen and oxygen atoms in total. The molecule has 5 rings (SSSR count). The van der Waals surface area contributed by atoms with Gasteiger partial charge in [0.15, 0.2) is 5.75 Å². The van der Waals surface area contributed by atoms with Gasteiger partial charge in [-0.05, 0) is 65.4 Å². The van der Waals surface area contributed by atoms with E-state index in [0.717, 1.165) is 6.07 Å². The number of aromatic hydroxyl groups is 2. The molecule has 0 radical (unpaired) electrons. The van der Waals surface area contributed by atoms with Crippen LogP contribution in [0, 0.1) is 0 Å². The summed E-state index contributed by atoms with van der Waals surface area (Å²) in [4.78, 5) is -0.116. The fourth-order valence-corrected chi connectivity index (χ4v) is 6.77. The SMILES string of the molecule is NOS(=O)(=O)CCNc1ccc2cc(SOOO)c(N=Nc3ccc(N=Nc4ccc5cc(SOOO)cc(S(=O)(=O)O)c5c4)cc3O)c(O)c2c1. The van der Waals surface area contributed by atoms with Crippen molar-refractivity contribution in [2.45, 2.75) is 14.7 Å². The number of azo groups is 2. The van der Waals surface area contributed by atoms with E-state index in [0.29, 0.717) is 40.5 Å².